The number of nitrogens with one attached hydrogen (secondary N) is 2. The summed E-state index contributed by atoms with van der Waals surface area (Å²) in [6.45, 7) is 4.84. The summed E-state index contributed by atoms with van der Waals surface area (Å²) in [5, 5.41) is 17.1. The minimum absolute atomic E-state index is 0.153. The SMILES string of the molecule is CCCNCCNc1ccc([N+](=O)[O-])c(I)c1. The molecule has 0 atom stereocenters. The van der Waals surface area contributed by atoms with Crippen molar-refractivity contribution in [3.8, 4) is 0 Å². The molecule has 1 aromatic rings. The minimum Gasteiger partial charge on any atom is -0.384 e. The van der Waals surface area contributed by atoms with Gasteiger partial charge in [0.05, 0.1) is 8.49 Å². The molecule has 5 nitrogen and oxygen atoms in total. The number of rotatable bonds is 7. The van der Waals surface area contributed by atoms with Crippen molar-refractivity contribution in [3.05, 3.63) is 31.9 Å². The molecule has 0 aliphatic carbocycles. The molecule has 17 heavy (non-hydrogen) atoms. The van der Waals surface area contributed by atoms with E-state index in [1.165, 1.54) is 6.07 Å². The monoisotopic (exact) mass is 349 g/mol. The lowest BCUT2D eigenvalue weighted by molar-refractivity contribution is -0.385. The van der Waals surface area contributed by atoms with Crippen LogP contribution in [0.4, 0.5) is 11.4 Å². The zero-order valence-corrected chi connectivity index (χ0v) is 11.9. The Labute approximate surface area is 114 Å². The van der Waals surface area contributed by atoms with Crippen molar-refractivity contribution in [2.75, 3.05) is 25.0 Å². The summed E-state index contributed by atoms with van der Waals surface area (Å²) >= 11 is 1.98. The Hall–Kier alpha value is -0.890. The summed E-state index contributed by atoms with van der Waals surface area (Å²) in [6, 6.07) is 5.06. The van der Waals surface area contributed by atoms with Gasteiger partial charge in [-0.15, -0.1) is 0 Å². The van der Waals surface area contributed by atoms with E-state index in [-0.39, 0.29) is 10.6 Å². The van der Waals surface area contributed by atoms with Crippen LogP contribution in [-0.4, -0.2) is 24.6 Å². The van der Waals surface area contributed by atoms with E-state index in [0.717, 1.165) is 31.7 Å². The highest BCUT2D eigenvalue weighted by atomic mass is 127. The van der Waals surface area contributed by atoms with Crippen LogP contribution in [0.1, 0.15) is 13.3 Å². The summed E-state index contributed by atoms with van der Waals surface area (Å²) in [5.41, 5.74) is 1.07. The van der Waals surface area contributed by atoms with E-state index < -0.39 is 0 Å². The molecule has 0 radical (unpaired) electrons. The minimum atomic E-state index is -0.367. The third kappa shape index (κ3) is 4.86. The van der Waals surface area contributed by atoms with Gasteiger partial charge in [0.2, 0.25) is 0 Å². The molecule has 1 aromatic carbocycles. The van der Waals surface area contributed by atoms with Gasteiger partial charge in [-0.25, -0.2) is 0 Å². The highest BCUT2D eigenvalue weighted by Crippen LogP contribution is 2.23. The molecule has 1 rings (SSSR count). The first kappa shape index (κ1) is 14.2. The molecule has 0 saturated heterocycles. The van der Waals surface area contributed by atoms with Gasteiger partial charge in [-0.2, -0.15) is 0 Å². The predicted molar refractivity (Wildman–Crippen MR) is 77.5 cm³/mol. The summed E-state index contributed by atoms with van der Waals surface area (Å²) in [6.07, 6.45) is 1.12. The van der Waals surface area contributed by atoms with Crippen molar-refractivity contribution in [2.45, 2.75) is 13.3 Å². The molecule has 0 spiro atoms. The lowest BCUT2D eigenvalue weighted by atomic mass is 10.3. The summed E-state index contributed by atoms with van der Waals surface area (Å²) in [7, 11) is 0. The lowest BCUT2D eigenvalue weighted by Crippen LogP contribution is -2.22. The second kappa shape index (κ2) is 7.44. The Morgan fingerprint density at radius 2 is 2.12 bits per heavy atom. The Morgan fingerprint density at radius 3 is 2.71 bits per heavy atom. The first-order valence-electron chi connectivity index (χ1n) is 5.53. The molecule has 0 unspecified atom stereocenters. The first-order chi connectivity index (χ1) is 8.15. The van der Waals surface area contributed by atoms with Crippen molar-refractivity contribution in [3.63, 3.8) is 0 Å². The molecule has 0 heterocycles. The molecule has 0 aliphatic rings. The quantitative estimate of drug-likeness (QED) is 0.344. The van der Waals surface area contributed by atoms with Gasteiger partial charge in [0.1, 0.15) is 0 Å². The van der Waals surface area contributed by atoms with E-state index in [1.54, 1.807) is 12.1 Å². The Morgan fingerprint density at radius 1 is 1.35 bits per heavy atom. The van der Waals surface area contributed by atoms with Gasteiger partial charge in [0, 0.05) is 24.8 Å². The molecule has 6 heteroatoms. The number of hydrogen-bond donors (Lipinski definition) is 2. The van der Waals surface area contributed by atoms with Crippen LogP contribution in [0.15, 0.2) is 18.2 Å². The molecule has 2 N–H and O–H groups in total. The fourth-order valence-corrected chi connectivity index (χ4v) is 2.07. The Balaban J connectivity index is 2.45. The van der Waals surface area contributed by atoms with E-state index >= 15 is 0 Å². The molecule has 0 aromatic heterocycles. The zero-order valence-electron chi connectivity index (χ0n) is 9.70. The Bertz CT molecular complexity index is 385. The second-order valence-electron chi connectivity index (χ2n) is 3.60. The van der Waals surface area contributed by atoms with Crippen molar-refractivity contribution in [1.29, 1.82) is 0 Å². The van der Waals surface area contributed by atoms with E-state index in [4.69, 9.17) is 0 Å². The van der Waals surface area contributed by atoms with Crippen molar-refractivity contribution >= 4 is 34.0 Å². The van der Waals surface area contributed by atoms with E-state index in [1.807, 2.05) is 22.6 Å². The van der Waals surface area contributed by atoms with Gasteiger partial charge in [-0.05, 0) is 47.7 Å². The van der Waals surface area contributed by atoms with Gasteiger partial charge in [-0.3, -0.25) is 10.1 Å². The molecular weight excluding hydrogens is 333 g/mol. The van der Waals surface area contributed by atoms with Gasteiger partial charge in [-0.1, -0.05) is 6.92 Å². The highest BCUT2D eigenvalue weighted by Gasteiger charge is 2.10. The Kier molecular flexibility index (Phi) is 6.20. The first-order valence-corrected chi connectivity index (χ1v) is 6.61. The molecule has 0 amide bonds. The van der Waals surface area contributed by atoms with Crippen LogP contribution in [0.2, 0.25) is 0 Å². The van der Waals surface area contributed by atoms with Gasteiger partial charge < -0.3 is 10.6 Å². The van der Waals surface area contributed by atoms with Crippen molar-refractivity contribution < 1.29 is 4.92 Å². The topological polar surface area (TPSA) is 67.2 Å². The maximum atomic E-state index is 10.6. The number of benzene rings is 1. The normalized spacial score (nSPS) is 10.2. The number of nitro groups is 1. The van der Waals surface area contributed by atoms with Gasteiger partial charge in [0.25, 0.3) is 5.69 Å². The van der Waals surface area contributed by atoms with E-state index in [0.29, 0.717) is 3.57 Å². The highest BCUT2D eigenvalue weighted by molar-refractivity contribution is 14.1. The van der Waals surface area contributed by atoms with E-state index in [2.05, 4.69) is 17.6 Å². The van der Waals surface area contributed by atoms with Gasteiger partial charge in [0.15, 0.2) is 0 Å². The number of nitrogens with zero attached hydrogens (tertiary/aromatic N) is 1. The van der Waals surface area contributed by atoms with Crippen LogP contribution < -0.4 is 10.6 Å². The second-order valence-corrected chi connectivity index (χ2v) is 4.76. The fourth-order valence-electron chi connectivity index (χ4n) is 1.36. The fraction of sp³-hybridized carbons (Fsp3) is 0.455. The number of hydrogen-bond acceptors (Lipinski definition) is 4. The number of halogens is 1. The molecular formula is C11H16IN3O2. The van der Waals surface area contributed by atoms with Crippen LogP contribution in [0, 0.1) is 13.7 Å². The van der Waals surface area contributed by atoms with Crippen LogP contribution >= 0.6 is 22.6 Å². The smallest absolute Gasteiger partial charge is 0.282 e. The van der Waals surface area contributed by atoms with Crippen LogP contribution in [-0.2, 0) is 0 Å². The summed E-state index contributed by atoms with van der Waals surface area (Å²) < 4.78 is 0.652. The molecule has 94 valence electrons. The molecule has 0 fully saturated rings. The maximum Gasteiger partial charge on any atom is 0.282 e. The maximum absolute atomic E-state index is 10.6. The zero-order chi connectivity index (χ0) is 12.7. The lowest BCUT2D eigenvalue weighted by Gasteiger charge is -2.07. The molecule has 0 aliphatic heterocycles. The summed E-state index contributed by atoms with van der Waals surface area (Å²) in [4.78, 5) is 10.3. The van der Waals surface area contributed by atoms with Crippen LogP contribution in [0.3, 0.4) is 0 Å². The van der Waals surface area contributed by atoms with E-state index in [9.17, 15) is 10.1 Å². The third-order valence-corrected chi connectivity index (χ3v) is 3.07. The number of anilines is 1. The van der Waals surface area contributed by atoms with Crippen LogP contribution in [0.5, 0.6) is 0 Å². The predicted octanol–water partition coefficient (Wildman–Crippen LogP) is 2.61. The molecule has 0 bridgehead atoms. The van der Waals surface area contributed by atoms with Gasteiger partial charge >= 0.3 is 0 Å². The summed E-state index contributed by atoms with van der Waals surface area (Å²) in [5.74, 6) is 0. The third-order valence-electron chi connectivity index (χ3n) is 2.20. The van der Waals surface area contributed by atoms with Crippen molar-refractivity contribution in [2.24, 2.45) is 0 Å². The average molecular weight is 349 g/mol. The average Bonchev–Trinajstić information content (AvgIpc) is 2.28. The standard InChI is InChI=1S/C11H16IN3O2/c1-2-5-13-6-7-14-9-3-4-11(15(16)17)10(12)8-9/h3-4,8,13-14H,2,5-7H2,1H3. The van der Waals surface area contributed by atoms with Crippen LogP contribution in [0.25, 0.3) is 0 Å². The van der Waals surface area contributed by atoms with Crippen molar-refractivity contribution in [1.82, 2.24) is 5.32 Å². The largest absolute Gasteiger partial charge is 0.384 e. The number of nitro benzene ring substituents is 1. The molecule has 0 saturated carbocycles.